The first-order chi connectivity index (χ1) is 8.27. The van der Waals surface area contributed by atoms with Crippen molar-refractivity contribution in [3.63, 3.8) is 0 Å². The Morgan fingerprint density at radius 1 is 0.667 bits per heavy atom. The number of benzene rings is 2. The van der Waals surface area contributed by atoms with Crippen LogP contribution in [-0.4, -0.2) is 38.9 Å². The minimum atomic E-state index is -0.139. The summed E-state index contributed by atoms with van der Waals surface area (Å²) in [6.07, 6.45) is -0.0754. The number of carbonyl (C=O) groups excluding carboxylic acids is 2. The number of rotatable bonds is 4. The molecule has 0 bridgehead atoms. The van der Waals surface area contributed by atoms with E-state index in [-0.39, 0.29) is 45.3 Å². The van der Waals surface area contributed by atoms with Gasteiger partial charge in [-0.1, -0.05) is 60.7 Å². The molecular weight excluding hydrogens is 417 g/mol. The normalized spacial score (nSPS) is 9.33. The molecule has 2 aromatic rings. The molecule has 0 N–H and O–H groups in total. The second-order valence-electron chi connectivity index (χ2n) is 3.76. The third kappa shape index (κ3) is 3.87. The summed E-state index contributed by atoms with van der Waals surface area (Å²) in [4.78, 5) is 23.6. The zero-order valence-electron chi connectivity index (χ0n) is 9.87. The Labute approximate surface area is 126 Å². The third-order valence-electron chi connectivity index (χ3n) is 2.51. The zero-order chi connectivity index (χ0) is 12.1. The van der Waals surface area contributed by atoms with E-state index in [1.54, 1.807) is 48.5 Å². The van der Waals surface area contributed by atoms with Gasteiger partial charge in [0, 0.05) is 38.4 Å². The van der Waals surface area contributed by atoms with E-state index in [4.69, 9.17) is 0 Å². The summed E-state index contributed by atoms with van der Waals surface area (Å²) in [6, 6.07) is 17.7. The quantitative estimate of drug-likeness (QED) is 0.426. The van der Waals surface area contributed by atoms with Crippen LogP contribution in [0.1, 0.15) is 27.1 Å². The molecule has 18 heavy (non-hydrogen) atoms. The van der Waals surface area contributed by atoms with E-state index in [0.29, 0.717) is 11.1 Å². The van der Waals surface area contributed by atoms with Crippen molar-refractivity contribution in [1.82, 2.24) is 0 Å². The van der Waals surface area contributed by atoms with Crippen molar-refractivity contribution in [2.24, 2.45) is 0 Å². The van der Waals surface area contributed by atoms with E-state index in [0.717, 1.165) is 0 Å². The monoisotopic (exact) mass is 429 g/mol. The van der Waals surface area contributed by atoms with E-state index in [9.17, 15) is 9.59 Å². The molecular formula is C15H12O2Tl. The van der Waals surface area contributed by atoms with Gasteiger partial charge >= 0.3 is 0 Å². The summed E-state index contributed by atoms with van der Waals surface area (Å²) in [7, 11) is 0. The summed E-state index contributed by atoms with van der Waals surface area (Å²) >= 11 is 0. The summed E-state index contributed by atoms with van der Waals surface area (Å²) in [5.41, 5.74) is 1.16. The van der Waals surface area contributed by atoms with E-state index in [1.807, 2.05) is 12.1 Å². The van der Waals surface area contributed by atoms with Crippen LogP contribution >= 0.6 is 0 Å². The molecule has 2 rings (SSSR count). The summed E-state index contributed by atoms with van der Waals surface area (Å²) in [5.74, 6) is -0.279. The molecule has 0 aromatic heterocycles. The van der Waals surface area contributed by atoms with Crippen molar-refractivity contribution < 1.29 is 9.59 Å². The molecule has 0 spiro atoms. The summed E-state index contributed by atoms with van der Waals surface area (Å²) in [6.45, 7) is 0. The molecule has 0 unspecified atom stereocenters. The number of carbonyl (C=O) groups is 2. The summed E-state index contributed by atoms with van der Waals surface area (Å²) in [5, 5.41) is 0. The smallest absolute Gasteiger partial charge is 0.170 e. The minimum Gasteiger partial charge on any atom is -0.294 e. The molecule has 0 amide bonds. The molecule has 0 aliphatic rings. The number of hydrogen-bond acceptors (Lipinski definition) is 2. The van der Waals surface area contributed by atoms with Gasteiger partial charge in [0.05, 0.1) is 6.42 Å². The van der Waals surface area contributed by atoms with Crippen LogP contribution in [0.5, 0.6) is 0 Å². The minimum absolute atomic E-state index is 0. The second kappa shape index (κ2) is 7.21. The average molecular weight is 429 g/mol. The van der Waals surface area contributed by atoms with Crippen LogP contribution in [0.25, 0.3) is 0 Å². The van der Waals surface area contributed by atoms with Crippen LogP contribution < -0.4 is 0 Å². The van der Waals surface area contributed by atoms with Gasteiger partial charge in [-0.2, -0.15) is 0 Å². The van der Waals surface area contributed by atoms with Crippen molar-refractivity contribution in [3.8, 4) is 0 Å². The maximum atomic E-state index is 11.8. The second-order valence-corrected chi connectivity index (χ2v) is 3.76. The van der Waals surface area contributed by atoms with Crippen LogP contribution in [-0.2, 0) is 0 Å². The van der Waals surface area contributed by atoms with Gasteiger partial charge < -0.3 is 0 Å². The van der Waals surface area contributed by atoms with Crippen molar-refractivity contribution >= 4 is 38.9 Å². The molecule has 3 heteroatoms. The molecule has 0 saturated carbocycles. The Bertz CT molecular complexity index is 471. The Hall–Kier alpha value is -1.30. The fraction of sp³-hybridized carbons (Fsp3) is 0.0667. The maximum Gasteiger partial charge on any atom is 0.170 e. The van der Waals surface area contributed by atoms with E-state index >= 15 is 0 Å². The van der Waals surface area contributed by atoms with E-state index in [2.05, 4.69) is 0 Å². The number of hydrogen-bond donors (Lipinski definition) is 0. The first-order valence-corrected chi connectivity index (χ1v) is 5.44. The average Bonchev–Trinajstić information content (AvgIpc) is 2.40. The predicted molar refractivity (Wildman–Crippen MR) is 71.9 cm³/mol. The Morgan fingerprint density at radius 3 is 1.33 bits per heavy atom. The standard InChI is InChI=1S/C15H12O2.Tl/c16-14(12-7-3-1-4-8-12)11-15(17)13-9-5-2-6-10-13;/h1-10H,11H2;. The molecule has 0 aliphatic carbocycles. The molecule has 1 radical (unpaired) electrons. The molecule has 2 aromatic carbocycles. The van der Waals surface area contributed by atoms with Gasteiger partial charge in [0.1, 0.15) is 0 Å². The van der Waals surface area contributed by atoms with Gasteiger partial charge in [0.25, 0.3) is 0 Å². The van der Waals surface area contributed by atoms with Crippen molar-refractivity contribution in [1.29, 1.82) is 0 Å². The largest absolute Gasteiger partial charge is 0.294 e. The fourth-order valence-electron chi connectivity index (χ4n) is 1.60. The molecule has 0 fully saturated rings. The topological polar surface area (TPSA) is 34.1 Å². The molecule has 2 nitrogen and oxygen atoms in total. The van der Waals surface area contributed by atoms with Crippen LogP contribution in [0.3, 0.4) is 0 Å². The molecule has 87 valence electrons. The van der Waals surface area contributed by atoms with Crippen LogP contribution in [0.2, 0.25) is 0 Å². The number of Topliss-reactive ketones (excluding diaryl/α,β-unsaturated/α-hetero) is 2. The first-order valence-electron chi connectivity index (χ1n) is 5.44. The van der Waals surface area contributed by atoms with Gasteiger partial charge in [0.2, 0.25) is 0 Å². The van der Waals surface area contributed by atoms with Gasteiger partial charge in [-0.15, -0.1) is 0 Å². The summed E-state index contributed by atoms with van der Waals surface area (Å²) < 4.78 is 0. The third-order valence-corrected chi connectivity index (χ3v) is 2.51. The van der Waals surface area contributed by atoms with Gasteiger partial charge in [0.15, 0.2) is 11.6 Å². The predicted octanol–water partition coefficient (Wildman–Crippen LogP) is 2.76. The van der Waals surface area contributed by atoms with E-state index < -0.39 is 0 Å². The first kappa shape index (κ1) is 14.8. The molecule has 0 aliphatic heterocycles. The van der Waals surface area contributed by atoms with Crippen LogP contribution in [0.4, 0.5) is 0 Å². The Morgan fingerprint density at radius 2 is 1.00 bits per heavy atom. The van der Waals surface area contributed by atoms with Crippen molar-refractivity contribution in [2.45, 2.75) is 6.42 Å². The molecule has 0 atom stereocenters. The Kier molecular flexibility index (Phi) is 5.91. The Balaban J connectivity index is 0.00000162. The van der Waals surface area contributed by atoms with E-state index in [1.165, 1.54) is 0 Å². The molecule has 0 heterocycles. The van der Waals surface area contributed by atoms with Crippen molar-refractivity contribution in [2.75, 3.05) is 0 Å². The maximum absolute atomic E-state index is 11.8. The zero-order valence-corrected chi connectivity index (χ0v) is 14.4. The van der Waals surface area contributed by atoms with Crippen LogP contribution in [0, 0.1) is 0 Å². The van der Waals surface area contributed by atoms with Gasteiger partial charge in [-0.25, -0.2) is 0 Å². The fourth-order valence-corrected chi connectivity index (χ4v) is 1.60. The van der Waals surface area contributed by atoms with Gasteiger partial charge in [-0.3, -0.25) is 9.59 Å². The van der Waals surface area contributed by atoms with Crippen LogP contribution in [0.15, 0.2) is 60.7 Å². The van der Waals surface area contributed by atoms with Gasteiger partial charge in [-0.05, 0) is 0 Å². The number of ketones is 2. The SMILES string of the molecule is O=C(CC(=O)c1ccccc1)c1ccccc1.[Tl]. The van der Waals surface area contributed by atoms with Crippen molar-refractivity contribution in [3.05, 3.63) is 71.8 Å². The molecule has 0 saturated heterocycles.